The number of hydrogen-bond donors (Lipinski definition) is 0. The van der Waals surface area contributed by atoms with E-state index in [0.717, 1.165) is 33.4 Å². The van der Waals surface area contributed by atoms with Gasteiger partial charge in [0.1, 0.15) is 90.5 Å². The van der Waals surface area contributed by atoms with Crippen molar-refractivity contribution in [3.8, 4) is 68.8 Å². The van der Waals surface area contributed by atoms with E-state index in [9.17, 15) is 34.7 Å². The molecule has 12 rings (SSSR count). The SMILES string of the molecule is N#Cc1ccc(-c2ccc3c(c2)OC[C@H]2[C@H](COP(=O)(OC[C@@H]4OC(=O)N5c6ccc(-c7ccc(C#N)nc7)cc6OC[C@@H]45)OC[C@@H]4OC(=O)N5c6ccc(-c7ccc(C#N)nc7)cc6OC[C@@H]45)OC(=O)N32)cn1. The van der Waals surface area contributed by atoms with Gasteiger partial charge in [-0.1, -0.05) is 18.2 Å². The van der Waals surface area contributed by atoms with Crippen molar-refractivity contribution in [1.29, 1.82) is 15.8 Å². The molecule has 3 fully saturated rings. The first kappa shape index (κ1) is 46.0. The Morgan fingerprint density at radius 1 is 0.473 bits per heavy atom. The van der Waals surface area contributed by atoms with Crippen LogP contribution in [0.25, 0.3) is 33.4 Å². The van der Waals surface area contributed by atoms with Crippen LogP contribution in [0, 0.1) is 34.0 Å². The highest BCUT2D eigenvalue weighted by atomic mass is 31.2. The molecule has 22 nitrogen and oxygen atoms in total. The van der Waals surface area contributed by atoms with Crippen LogP contribution in [0.5, 0.6) is 17.2 Å². The van der Waals surface area contributed by atoms with Crippen LogP contribution in [0.3, 0.4) is 0 Å². The van der Waals surface area contributed by atoms with Crippen LogP contribution in [-0.2, 0) is 32.3 Å². The number of carbonyl (C=O) groups excluding carboxylic acids is 3. The number of phosphoric ester groups is 1. The summed E-state index contributed by atoms with van der Waals surface area (Å²) in [6, 6.07) is 29.5. The van der Waals surface area contributed by atoms with Gasteiger partial charge in [-0.2, -0.15) is 15.8 Å². The highest BCUT2D eigenvalue weighted by Crippen LogP contribution is 2.53. The first-order valence-corrected chi connectivity index (χ1v) is 24.5. The van der Waals surface area contributed by atoms with Crippen molar-refractivity contribution in [2.75, 3.05) is 54.3 Å². The largest absolute Gasteiger partial charge is 0.489 e. The number of phosphoric acid groups is 1. The van der Waals surface area contributed by atoms with E-state index in [4.69, 9.17) is 42.0 Å². The minimum atomic E-state index is -4.75. The van der Waals surface area contributed by atoms with Gasteiger partial charge < -0.3 is 28.4 Å². The van der Waals surface area contributed by atoms with Gasteiger partial charge in [0.25, 0.3) is 0 Å². The predicted molar refractivity (Wildman–Crippen MR) is 255 cm³/mol. The zero-order chi connectivity index (χ0) is 50.7. The second kappa shape index (κ2) is 18.5. The van der Waals surface area contributed by atoms with Crippen molar-refractivity contribution in [3.63, 3.8) is 0 Å². The Bertz CT molecular complexity index is 3100. The zero-order valence-electron chi connectivity index (χ0n) is 38.4. The van der Waals surface area contributed by atoms with Crippen LogP contribution in [0.15, 0.2) is 110 Å². The molecule has 0 aliphatic carbocycles. The number of pyridine rings is 3. The summed E-state index contributed by atoms with van der Waals surface area (Å²) in [4.78, 5) is 57.3. The number of fused-ring (bicyclic) bond motifs is 9. The molecule has 3 aromatic heterocycles. The van der Waals surface area contributed by atoms with Crippen LogP contribution in [0.4, 0.5) is 31.4 Å². The van der Waals surface area contributed by atoms with E-state index >= 15 is 0 Å². The molecule has 3 saturated heterocycles. The molecule has 6 atom stereocenters. The number of anilines is 3. The molecule has 6 aromatic rings. The topological polar surface area (TPSA) is 271 Å². The lowest BCUT2D eigenvalue weighted by atomic mass is 10.0. The van der Waals surface area contributed by atoms with E-state index in [1.807, 2.05) is 18.2 Å². The molecule has 0 bridgehead atoms. The van der Waals surface area contributed by atoms with Crippen molar-refractivity contribution < 1.29 is 60.9 Å². The van der Waals surface area contributed by atoms with Crippen molar-refractivity contribution in [2.24, 2.45) is 0 Å². The molecule has 3 amide bonds. The molecule has 368 valence electrons. The fourth-order valence-corrected chi connectivity index (χ4v) is 10.8. The Kier molecular flexibility index (Phi) is 11.5. The maximum atomic E-state index is 14.9. The Balaban J connectivity index is 0.763. The van der Waals surface area contributed by atoms with E-state index in [1.54, 1.807) is 110 Å². The fraction of sp³-hybridized carbons (Fsp3) is 0.235. The Hall–Kier alpha value is -9.10. The second-order valence-electron chi connectivity index (χ2n) is 17.5. The number of amides is 3. The van der Waals surface area contributed by atoms with Crippen molar-refractivity contribution >= 4 is 43.2 Å². The van der Waals surface area contributed by atoms with Gasteiger partial charge in [-0.25, -0.2) is 33.9 Å². The smallest absolute Gasteiger partial charge is 0.475 e. The van der Waals surface area contributed by atoms with Crippen LogP contribution in [-0.4, -0.2) is 109 Å². The molecule has 9 heterocycles. The van der Waals surface area contributed by atoms with Gasteiger partial charge in [0.15, 0.2) is 18.3 Å². The highest BCUT2D eigenvalue weighted by molar-refractivity contribution is 7.48. The molecule has 3 aromatic carbocycles. The molecule has 0 spiro atoms. The monoisotopic (exact) mass is 1010 g/mol. The summed E-state index contributed by atoms with van der Waals surface area (Å²) in [5.41, 5.74) is 6.46. The number of carbonyl (C=O) groups is 3. The Labute approximate surface area is 419 Å². The van der Waals surface area contributed by atoms with Crippen LogP contribution in [0.1, 0.15) is 17.1 Å². The van der Waals surface area contributed by atoms with Gasteiger partial charge in [-0.05, 0) is 89.5 Å². The van der Waals surface area contributed by atoms with Gasteiger partial charge in [0.05, 0.1) is 36.9 Å². The van der Waals surface area contributed by atoms with E-state index in [-0.39, 0.29) is 36.9 Å². The molecular weight excluding hydrogens is 978 g/mol. The summed E-state index contributed by atoms with van der Waals surface area (Å²) >= 11 is 0. The molecule has 6 aliphatic heterocycles. The fourth-order valence-electron chi connectivity index (χ4n) is 9.56. The van der Waals surface area contributed by atoms with E-state index in [2.05, 4.69) is 15.0 Å². The summed E-state index contributed by atoms with van der Waals surface area (Å²) in [6.45, 7) is -1.59. The van der Waals surface area contributed by atoms with Gasteiger partial charge in [0, 0.05) is 35.3 Å². The lowest BCUT2D eigenvalue weighted by Crippen LogP contribution is -2.46. The molecule has 74 heavy (non-hydrogen) atoms. The summed E-state index contributed by atoms with van der Waals surface area (Å²) in [5, 5.41) is 27.5. The van der Waals surface area contributed by atoms with Gasteiger partial charge in [-0.3, -0.25) is 28.3 Å². The summed E-state index contributed by atoms with van der Waals surface area (Å²) < 4.78 is 68.7. The number of nitrogens with zero attached hydrogens (tertiary/aromatic N) is 9. The molecule has 23 heteroatoms. The van der Waals surface area contributed by atoms with Crippen LogP contribution in [0.2, 0.25) is 0 Å². The van der Waals surface area contributed by atoms with Gasteiger partial charge >= 0.3 is 26.1 Å². The number of aromatic nitrogens is 3. The molecule has 0 N–H and O–H groups in total. The third-order valence-electron chi connectivity index (χ3n) is 13.3. The molecule has 0 saturated carbocycles. The predicted octanol–water partition coefficient (Wildman–Crippen LogP) is 7.30. The maximum absolute atomic E-state index is 14.9. The molecule has 0 unspecified atom stereocenters. The summed E-state index contributed by atoms with van der Waals surface area (Å²) in [7, 11) is -4.75. The van der Waals surface area contributed by atoms with Crippen molar-refractivity contribution in [2.45, 2.75) is 36.4 Å². The minimum Gasteiger partial charge on any atom is -0.489 e. The Morgan fingerprint density at radius 3 is 1.04 bits per heavy atom. The standard InChI is InChI=1S/C51H36N9O13P/c52-16-34-7-1-31(19-55-34)28-4-10-37-43(13-28)65-22-40-46(71-49(61)58(37)40)25-68-74(64,69-26-47-41-23-66-44-14-29(32-2-8-35(17-53)56-20-32)5-11-38(44)59(41)50(62)72-47)70-27-48-42-24-67-45-15-30(33-3-9-36(18-54)57-21-33)6-12-39(45)60(42)51(63)73-48/h1-15,19-21,40-42,46-48H,22-27H2/t40-,41-,42-,46-,47-,48-/m0/s1. The van der Waals surface area contributed by atoms with Crippen LogP contribution >= 0.6 is 7.82 Å². The molecular formula is C51H36N9O13P. The van der Waals surface area contributed by atoms with Crippen molar-refractivity contribution in [1.82, 2.24) is 15.0 Å². The quantitative estimate of drug-likeness (QED) is 0.0858. The first-order chi connectivity index (χ1) is 36.1. The van der Waals surface area contributed by atoms with E-state index < -0.39 is 82.4 Å². The van der Waals surface area contributed by atoms with Crippen molar-refractivity contribution in [3.05, 3.63) is 127 Å². The lowest BCUT2D eigenvalue weighted by molar-refractivity contribution is 0.0144. The van der Waals surface area contributed by atoms with Gasteiger partial charge in [-0.15, -0.1) is 0 Å². The van der Waals surface area contributed by atoms with Crippen LogP contribution < -0.4 is 28.9 Å². The molecule has 0 radical (unpaired) electrons. The third-order valence-corrected chi connectivity index (χ3v) is 14.7. The van der Waals surface area contributed by atoms with Gasteiger partial charge in [0.2, 0.25) is 0 Å². The normalized spacial score (nSPS) is 21.8. The average molecular weight is 1010 g/mol. The number of nitriles is 3. The van der Waals surface area contributed by atoms with E-state index in [1.165, 1.54) is 14.7 Å². The molecule has 6 aliphatic rings. The average Bonchev–Trinajstić information content (AvgIpc) is 4.09. The first-order valence-electron chi connectivity index (χ1n) is 23.0. The third kappa shape index (κ3) is 8.25. The van der Waals surface area contributed by atoms with E-state index in [0.29, 0.717) is 34.3 Å². The number of ether oxygens (including phenoxy) is 6. The summed E-state index contributed by atoms with van der Waals surface area (Å²) in [6.07, 6.45) is -0.537. The number of hydrogen-bond acceptors (Lipinski definition) is 19. The number of cyclic esters (lactones) is 3. The maximum Gasteiger partial charge on any atom is 0.475 e. The lowest BCUT2D eigenvalue weighted by Gasteiger charge is -2.32. The number of rotatable bonds is 12. The Morgan fingerprint density at radius 2 is 0.770 bits per heavy atom. The highest BCUT2D eigenvalue weighted by Gasteiger charge is 2.52. The zero-order valence-corrected chi connectivity index (χ0v) is 39.3. The second-order valence-corrected chi connectivity index (χ2v) is 19.2. The minimum absolute atomic E-state index is 0.0282. The summed E-state index contributed by atoms with van der Waals surface area (Å²) in [5.74, 6) is 1.20. The number of benzene rings is 3.